The molecule has 1 N–H and O–H groups in total. The molecule has 2 aromatic carbocycles. The number of nitrogens with zero attached hydrogens (tertiary/aromatic N) is 1. The summed E-state index contributed by atoms with van der Waals surface area (Å²) >= 11 is 6.02. The van der Waals surface area contributed by atoms with Gasteiger partial charge in [-0.2, -0.15) is 0 Å². The van der Waals surface area contributed by atoms with Crippen LogP contribution in [0.25, 0.3) is 18.4 Å². The molecule has 1 fully saturated rings. The van der Waals surface area contributed by atoms with E-state index in [-0.39, 0.29) is 5.91 Å². The maximum Gasteiger partial charge on any atom is 0.251 e. The normalized spacial score (nSPS) is 13.8. The topological polar surface area (TPSA) is 41.6 Å². The third-order valence-corrected chi connectivity index (χ3v) is 7.62. The van der Waals surface area contributed by atoms with Crippen molar-refractivity contribution in [3.63, 3.8) is 0 Å². The second kappa shape index (κ2) is 18.0. The quantitative estimate of drug-likeness (QED) is 0.218. The molecule has 2 aromatic rings. The minimum absolute atomic E-state index is 0.0559. The average molecular weight is 567 g/mol. The molecule has 1 saturated carbocycles. The smallest absolute Gasteiger partial charge is 0.251 e. The van der Waals surface area contributed by atoms with Crippen LogP contribution in [0.3, 0.4) is 0 Å². The number of carbonyl (C=O) groups excluding carboxylic acids is 1. The lowest BCUT2D eigenvalue weighted by atomic mass is 9.93. The summed E-state index contributed by atoms with van der Waals surface area (Å²) in [5, 5.41) is 5.72. The van der Waals surface area contributed by atoms with E-state index < -0.39 is 0 Å². The highest BCUT2D eigenvalue weighted by molar-refractivity contribution is 6.30. The van der Waals surface area contributed by atoms with Gasteiger partial charge in [-0.05, 0) is 97.4 Å². The molecule has 0 bridgehead atoms. The van der Waals surface area contributed by atoms with Gasteiger partial charge in [-0.1, -0.05) is 70.1 Å². The molecule has 0 heterocycles. The van der Waals surface area contributed by atoms with E-state index in [9.17, 15) is 4.79 Å². The molecule has 1 aliphatic carbocycles. The summed E-state index contributed by atoms with van der Waals surface area (Å²) in [7, 11) is 2.12. The number of hydrogen-bond acceptors (Lipinski definition) is 3. The first-order chi connectivity index (χ1) is 19.3. The Morgan fingerprint density at radius 2 is 1.88 bits per heavy atom. The highest BCUT2D eigenvalue weighted by Crippen LogP contribution is 2.28. The SMILES string of the molecule is C=C(CCCC(CCC)CN(C)/C=c1/c(C)c(C(=O)NCCOCC2CC2)ccc1=C)c1ccc(Cl)cc1.CC. The van der Waals surface area contributed by atoms with Gasteiger partial charge >= 0.3 is 0 Å². The maximum atomic E-state index is 12.9. The number of ether oxygens (including phenoxy) is 1. The lowest BCUT2D eigenvalue weighted by Crippen LogP contribution is -2.35. The van der Waals surface area contributed by atoms with Crippen LogP contribution in [0.15, 0.2) is 43.0 Å². The van der Waals surface area contributed by atoms with Crippen molar-refractivity contribution in [2.75, 3.05) is 33.4 Å². The highest BCUT2D eigenvalue weighted by atomic mass is 35.5. The van der Waals surface area contributed by atoms with Gasteiger partial charge in [-0.25, -0.2) is 0 Å². The summed E-state index contributed by atoms with van der Waals surface area (Å²) in [6, 6.07) is 11.8. The van der Waals surface area contributed by atoms with Crippen molar-refractivity contribution in [2.45, 2.75) is 72.6 Å². The van der Waals surface area contributed by atoms with E-state index in [0.29, 0.717) is 24.6 Å². The van der Waals surface area contributed by atoms with Crippen molar-refractivity contribution in [1.29, 1.82) is 0 Å². The first-order valence-electron chi connectivity index (χ1n) is 15.1. The van der Waals surface area contributed by atoms with Gasteiger partial charge in [-0.15, -0.1) is 0 Å². The van der Waals surface area contributed by atoms with Gasteiger partial charge in [0, 0.05) is 48.7 Å². The molecule has 0 radical (unpaired) electrons. The summed E-state index contributed by atoms with van der Waals surface area (Å²) in [5.74, 6) is 1.27. The van der Waals surface area contributed by atoms with E-state index in [1.165, 1.54) is 30.4 Å². The molecule has 40 heavy (non-hydrogen) atoms. The first kappa shape index (κ1) is 33.6. The van der Waals surface area contributed by atoms with E-state index in [1.807, 2.05) is 57.2 Å². The van der Waals surface area contributed by atoms with Gasteiger partial charge in [0.15, 0.2) is 0 Å². The number of carbonyl (C=O) groups is 1. The van der Waals surface area contributed by atoms with E-state index in [1.54, 1.807) is 0 Å². The van der Waals surface area contributed by atoms with Crippen molar-refractivity contribution in [3.8, 4) is 0 Å². The van der Waals surface area contributed by atoms with E-state index in [4.69, 9.17) is 16.3 Å². The van der Waals surface area contributed by atoms with Crippen LogP contribution >= 0.6 is 11.6 Å². The van der Waals surface area contributed by atoms with Crippen LogP contribution in [0, 0.1) is 18.8 Å². The second-order valence-electron chi connectivity index (χ2n) is 10.8. The van der Waals surface area contributed by atoms with Crippen LogP contribution in [0.2, 0.25) is 5.02 Å². The molecular weight excluding hydrogens is 516 g/mol. The van der Waals surface area contributed by atoms with Crippen molar-refractivity contribution in [1.82, 2.24) is 10.2 Å². The van der Waals surface area contributed by atoms with E-state index in [0.717, 1.165) is 65.8 Å². The zero-order chi connectivity index (χ0) is 29.5. The van der Waals surface area contributed by atoms with Crippen LogP contribution in [-0.4, -0.2) is 44.2 Å². The molecule has 5 heteroatoms. The molecule has 0 aromatic heterocycles. The monoisotopic (exact) mass is 566 g/mol. The molecule has 4 nitrogen and oxygen atoms in total. The Balaban J connectivity index is 0.00000274. The van der Waals surface area contributed by atoms with Gasteiger partial charge in [0.25, 0.3) is 5.91 Å². The molecule has 3 rings (SSSR count). The van der Waals surface area contributed by atoms with Crippen LogP contribution in [-0.2, 0) is 4.74 Å². The van der Waals surface area contributed by atoms with Crippen LogP contribution in [0.5, 0.6) is 0 Å². The minimum Gasteiger partial charge on any atom is -0.380 e. The number of allylic oxidation sites excluding steroid dienone is 1. The third kappa shape index (κ3) is 11.5. The van der Waals surface area contributed by atoms with Crippen molar-refractivity contribution >= 4 is 35.9 Å². The Labute approximate surface area is 248 Å². The Kier molecular flexibility index (Phi) is 15.1. The fourth-order valence-corrected chi connectivity index (χ4v) is 5.05. The summed E-state index contributed by atoms with van der Waals surface area (Å²) in [5.41, 5.74) is 4.00. The lowest BCUT2D eigenvalue weighted by Gasteiger charge is -2.23. The Morgan fingerprint density at radius 1 is 1.18 bits per heavy atom. The molecule has 1 amide bonds. The van der Waals surface area contributed by atoms with Crippen molar-refractivity contribution in [3.05, 3.63) is 75.1 Å². The molecule has 1 unspecified atom stereocenters. The van der Waals surface area contributed by atoms with E-state index in [2.05, 4.69) is 43.5 Å². The number of rotatable bonds is 16. The summed E-state index contributed by atoms with van der Waals surface area (Å²) in [6.07, 6.45) is 10.3. The summed E-state index contributed by atoms with van der Waals surface area (Å²) < 4.78 is 5.65. The number of hydrogen-bond donors (Lipinski definition) is 1. The van der Waals surface area contributed by atoms with Crippen LogP contribution in [0.1, 0.15) is 87.2 Å². The third-order valence-electron chi connectivity index (χ3n) is 7.37. The number of halogens is 1. The first-order valence-corrected chi connectivity index (χ1v) is 15.5. The fraction of sp³-hybridized carbons (Fsp3) is 0.514. The second-order valence-corrected chi connectivity index (χ2v) is 11.2. The minimum atomic E-state index is -0.0559. The predicted octanol–water partition coefficient (Wildman–Crippen LogP) is 7.21. The van der Waals surface area contributed by atoms with Crippen LogP contribution < -0.4 is 15.8 Å². The standard InChI is InChI=1S/C33H45ClN2O2.C2H6/c1-6-8-27(10-7-9-24(2)29-14-16-30(34)17-15-29)21-36(5)22-32-25(3)11-18-31(26(32)4)33(37)35-19-20-38-23-28-12-13-28;1-2/h11,14-18,22,27-28H,2-3,6-10,12-13,19-21,23H2,1,4-5H3,(H,35,37);1-2H3/b32-22+;. The van der Waals surface area contributed by atoms with Gasteiger partial charge < -0.3 is 15.0 Å². The Hall–Kier alpha value is -2.56. The fourth-order valence-electron chi connectivity index (χ4n) is 4.93. The molecule has 1 atom stereocenters. The largest absolute Gasteiger partial charge is 0.380 e. The number of nitrogens with one attached hydrogen (secondary N) is 1. The lowest BCUT2D eigenvalue weighted by molar-refractivity contribution is 0.0906. The molecule has 220 valence electrons. The van der Waals surface area contributed by atoms with Crippen LogP contribution in [0.4, 0.5) is 0 Å². The number of benzene rings is 2. The van der Waals surface area contributed by atoms with Gasteiger partial charge in [0.05, 0.1) is 6.61 Å². The molecule has 0 aliphatic heterocycles. The van der Waals surface area contributed by atoms with Gasteiger partial charge in [0.1, 0.15) is 0 Å². The summed E-state index contributed by atoms with van der Waals surface area (Å²) in [6.45, 7) is 19.6. The van der Waals surface area contributed by atoms with Gasteiger partial charge in [0.2, 0.25) is 0 Å². The average Bonchev–Trinajstić information content (AvgIpc) is 3.77. The van der Waals surface area contributed by atoms with Crippen molar-refractivity contribution < 1.29 is 9.53 Å². The summed E-state index contributed by atoms with van der Waals surface area (Å²) in [4.78, 5) is 15.1. The maximum absolute atomic E-state index is 12.9. The van der Waals surface area contributed by atoms with Gasteiger partial charge in [-0.3, -0.25) is 4.79 Å². The zero-order valence-electron chi connectivity index (χ0n) is 25.5. The Morgan fingerprint density at radius 3 is 2.52 bits per heavy atom. The molecule has 0 saturated heterocycles. The van der Waals surface area contributed by atoms with E-state index >= 15 is 0 Å². The molecule has 1 aliphatic rings. The Bertz CT molecular complexity index is 1170. The van der Waals surface area contributed by atoms with Crippen molar-refractivity contribution in [2.24, 2.45) is 11.8 Å². The highest BCUT2D eigenvalue weighted by Gasteiger charge is 2.21. The molecular formula is C35H51ClN2O2. The number of amides is 1. The predicted molar refractivity (Wildman–Crippen MR) is 173 cm³/mol. The zero-order valence-corrected chi connectivity index (χ0v) is 26.3. The molecule has 0 spiro atoms.